The summed E-state index contributed by atoms with van der Waals surface area (Å²) in [6.07, 6.45) is 1.11. The number of carbonyl (C=O) groups is 3. The van der Waals surface area contributed by atoms with Crippen LogP contribution in [0.1, 0.15) is 18.4 Å². The molecule has 1 N–H and O–H groups in total. The number of hydrogen-bond acceptors (Lipinski definition) is 4. The molecule has 1 atom stereocenters. The van der Waals surface area contributed by atoms with E-state index in [9.17, 15) is 19.5 Å². The minimum atomic E-state index is -1.000. The standard InChI is InChI=1S/C16H18N2O5/c1-10-4-5-11-13(7-10)23-9-15(20)18(11)8-14(19)17-6-2-3-12(17)16(21)22/h4-5,7,12H,2-3,6,8-9H2,1H3,(H,21,22). The van der Waals surface area contributed by atoms with E-state index in [1.807, 2.05) is 19.1 Å². The first-order valence-corrected chi connectivity index (χ1v) is 7.53. The van der Waals surface area contributed by atoms with Crippen LogP contribution in [0, 0.1) is 6.92 Å². The number of aryl methyl sites for hydroxylation is 1. The van der Waals surface area contributed by atoms with E-state index in [0.29, 0.717) is 30.8 Å². The highest BCUT2D eigenvalue weighted by atomic mass is 16.5. The van der Waals surface area contributed by atoms with Crippen LogP contribution in [0.5, 0.6) is 5.75 Å². The molecular weight excluding hydrogens is 300 g/mol. The van der Waals surface area contributed by atoms with Crippen LogP contribution in [0.4, 0.5) is 5.69 Å². The van der Waals surface area contributed by atoms with E-state index >= 15 is 0 Å². The Hall–Kier alpha value is -2.57. The molecule has 2 aliphatic rings. The van der Waals surface area contributed by atoms with Gasteiger partial charge in [0.2, 0.25) is 5.91 Å². The second-order valence-corrected chi connectivity index (χ2v) is 5.82. The van der Waals surface area contributed by atoms with Crippen LogP contribution in [0.25, 0.3) is 0 Å². The number of ether oxygens (including phenoxy) is 1. The number of anilines is 1. The summed E-state index contributed by atoms with van der Waals surface area (Å²) in [6.45, 7) is 2.04. The van der Waals surface area contributed by atoms with Gasteiger partial charge in [-0.05, 0) is 37.5 Å². The number of nitrogens with zero attached hydrogens (tertiary/aromatic N) is 2. The second-order valence-electron chi connectivity index (χ2n) is 5.82. The first-order chi connectivity index (χ1) is 11.0. The molecule has 1 aromatic carbocycles. The van der Waals surface area contributed by atoms with E-state index in [1.165, 1.54) is 9.80 Å². The van der Waals surface area contributed by atoms with Crippen molar-refractivity contribution in [2.45, 2.75) is 25.8 Å². The molecule has 23 heavy (non-hydrogen) atoms. The van der Waals surface area contributed by atoms with Crippen molar-refractivity contribution in [2.75, 3.05) is 24.6 Å². The van der Waals surface area contributed by atoms with Crippen molar-refractivity contribution in [3.8, 4) is 5.75 Å². The lowest BCUT2D eigenvalue weighted by molar-refractivity contribution is -0.147. The van der Waals surface area contributed by atoms with E-state index in [2.05, 4.69) is 0 Å². The number of amides is 2. The Labute approximate surface area is 133 Å². The zero-order valence-electron chi connectivity index (χ0n) is 12.8. The van der Waals surface area contributed by atoms with E-state index in [-0.39, 0.29) is 25.0 Å². The van der Waals surface area contributed by atoms with Crippen LogP contribution in [0.15, 0.2) is 18.2 Å². The topological polar surface area (TPSA) is 87.2 Å². The number of hydrogen-bond donors (Lipinski definition) is 1. The molecule has 1 aromatic rings. The number of carboxylic acids is 1. The number of fused-ring (bicyclic) bond motifs is 1. The summed E-state index contributed by atoms with van der Waals surface area (Å²) in [7, 11) is 0. The lowest BCUT2D eigenvalue weighted by Gasteiger charge is -2.31. The van der Waals surface area contributed by atoms with Crippen molar-refractivity contribution >= 4 is 23.5 Å². The minimum Gasteiger partial charge on any atom is -0.482 e. The number of benzene rings is 1. The Bertz CT molecular complexity index is 672. The van der Waals surface area contributed by atoms with Gasteiger partial charge < -0.3 is 14.7 Å². The second kappa shape index (κ2) is 5.91. The first-order valence-electron chi connectivity index (χ1n) is 7.53. The molecule has 0 spiro atoms. The maximum Gasteiger partial charge on any atom is 0.326 e. The number of carbonyl (C=O) groups excluding carboxylic acids is 2. The first kappa shape index (κ1) is 15.3. The Morgan fingerprint density at radius 1 is 1.39 bits per heavy atom. The third kappa shape index (κ3) is 2.86. The quantitative estimate of drug-likeness (QED) is 0.890. The smallest absolute Gasteiger partial charge is 0.326 e. The fourth-order valence-corrected chi connectivity index (χ4v) is 3.03. The summed E-state index contributed by atoms with van der Waals surface area (Å²) in [5, 5.41) is 9.18. The molecule has 7 nitrogen and oxygen atoms in total. The van der Waals surface area contributed by atoms with Gasteiger partial charge >= 0.3 is 5.97 Å². The van der Waals surface area contributed by atoms with Crippen molar-refractivity contribution in [1.29, 1.82) is 0 Å². The van der Waals surface area contributed by atoms with Gasteiger partial charge in [0, 0.05) is 6.54 Å². The lowest BCUT2D eigenvalue weighted by Crippen LogP contribution is -2.49. The molecule has 2 amide bonds. The maximum absolute atomic E-state index is 12.5. The Morgan fingerprint density at radius 3 is 2.91 bits per heavy atom. The van der Waals surface area contributed by atoms with E-state index in [0.717, 1.165) is 5.56 Å². The molecule has 0 radical (unpaired) electrons. The van der Waals surface area contributed by atoms with Crippen LogP contribution in [-0.4, -0.2) is 53.5 Å². The summed E-state index contributed by atoms with van der Waals surface area (Å²) in [6, 6.07) is 4.60. The molecule has 0 bridgehead atoms. The fourth-order valence-electron chi connectivity index (χ4n) is 3.03. The van der Waals surface area contributed by atoms with Crippen LogP contribution in [0.3, 0.4) is 0 Å². The molecule has 1 fully saturated rings. The Balaban J connectivity index is 1.81. The van der Waals surface area contributed by atoms with E-state index in [4.69, 9.17) is 4.74 Å². The summed E-state index contributed by atoms with van der Waals surface area (Å²) in [5.41, 5.74) is 1.54. The molecule has 3 rings (SSSR count). The number of rotatable bonds is 3. The van der Waals surface area contributed by atoms with Crippen molar-refractivity contribution < 1.29 is 24.2 Å². The van der Waals surface area contributed by atoms with Crippen LogP contribution >= 0.6 is 0 Å². The van der Waals surface area contributed by atoms with Gasteiger partial charge in [0.25, 0.3) is 5.91 Å². The van der Waals surface area contributed by atoms with Gasteiger partial charge in [0.05, 0.1) is 5.69 Å². The number of aliphatic carboxylic acids is 1. The van der Waals surface area contributed by atoms with E-state index in [1.54, 1.807) is 6.07 Å². The molecule has 1 unspecified atom stereocenters. The molecular formula is C16H18N2O5. The third-order valence-corrected chi connectivity index (χ3v) is 4.21. The van der Waals surface area contributed by atoms with Crippen LogP contribution < -0.4 is 9.64 Å². The monoisotopic (exact) mass is 318 g/mol. The molecule has 1 saturated heterocycles. The summed E-state index contributed by atoms with van der Waals surface area (Å²) in [4.78, 5) is 38.5. The van der Waals surface area contributed by atoms with Crippen molar-refractivity contribution in [1.82, 2.24) is 4.90 Å². The van der Waals surface area contributed by atoms with Crippen molar-refractivity contribution in [3.63, 3.8) is 0 Å². The largest absolute Gasteiger partial charge is 0.482 e. The predicted octanol–water partition coefficient (Wildman–Crippen LogP) is 0.796. The zero-order valence-corrected chi connectivity index (χ0v) is 12.8. The van der Waals surface area contributed by atoms with Gasteiger partial charge in [-0.3, -0.25) is 14.5 Å². The number of likely N-dealkylation sites (tertiary alicyclic amines) is 1. The SMILES string of the molecule is Cc1ccc2c(c1)OCC(=O)N2CC(=O)N1CCCC1C(=O)O. The highest BCUT2D eigenvalue weighted by Crippen LogP contribution is 2.33. The van der Waals surface area contributed by atoms with Gasteiger partial charge in [-0.25, -0.2) is 4.79 Å². The average Bonchev–Trinajstić information content (AvgIpc) is 3.00. The fraction of sp³-hybridized carbons (Fsp3) is 0.438. The molecule has 0 saturated carbocycles. The Kier molecular flexibility index (Phi) is 3.94. The third-order valence-electron chi connectivity index (χ3n) is 4.21. The summed E-state index contributed by atoms with van der Waals surface area (Å²) in [5.74, 6) is -1.09. The normalized spacial score (nSPS) is 20.2. The van der Waals surface area contributed by atoms with Crippen molar-refractivity contribution in [2.24, 2.45) is 0 Å². The van der Waals surface area contributed by atoms with Crippen molar-refractivity contribution in [3.05, 3.63) is 23.8 Å². The Morgan fingerprint density at radius 2 is 2.17 bits per heavy atom. The summed E-state index contributed by atoms with van der Waals surface area (Å²) >= 11 is 0. The van der Waals surface area contributed by atoms with Crippen LogP contribution in [0.2, 0.25) is 0 Å². The van der Waals surface area contributed by atoms with Gasteiger partial charge in [-0.2, -0.15) is 0 Å². The van der Waals surface area contributed by atoms with Gasteiger partial charge in [-0.1, -0.05) is 6.07 Å². The molecule has 2 heterocycles. The minimum absolute atomic E-state index is 0.119. The van der Waals surface area contributed by atoms with Gasteiger partial charge in [0.1, 0.15) is 18.3 Å². The number of carboxylic acid groups (broad SMARTS) is 1. The van der Waals surface area contributed by atoms with Crippen LogP contribution in [-0.2, 0) is 14.4 Å². The highest BCUT2D eigenvalue weighted by molar-refractivity contribution is 6.02. The zero-order chi connectivity index (χ0) is 16.6. The van der Waals surface area contributed by atoms with Gasteiger partial charge in [-0.15, -0.1) is 0 Å². The molecule has 2 aliphatic heterocycles. The lowest BCUT2D eigenvalue weighted by atomic mass is 10.1. The molecule has 7 heteroatoms. The summed E-state index contributed by atoms with van der Waals surface area (Å²) < 4.78 is 5.40. The molecule has 122 valence electrons. The molecule has 0 aliphatic carbocycles. The highest BCUT2D eigenvalue weighted by Gasteiger charge is 2.36. The predicted molar refractivity (Wildman–Crippen MR) is 81.4 cm³/mol. The van der Waals surface area contributed by atoms with E-state index < -0.39 is 12.0 Å². The average molecular weight is 318 g/mol. The van der Waals surface area contributed by atoms with Gasteiger partial charge in [0.15, 0.2) is 6.61 Å². The maximum atomic E-state index is 12.5. The molecule has 0 aromatic heterocycles.